The van der Waals surface area contributed by atoms with E-state index in [1.807, 2.05) is 0 Å². The summed E-state index contributed by atoms with van der Waals surface area (Å²) in [4.78, 5) is 31.5. The molecule has 2 aromatic rings. The second kappa shape index (κ2) is 7.95. The van der Waals surface area contributed by atoms with Gasteiger partial charge in [-0.25, -0.2) is 9.18 Å². The topological polar surface area (TPSA) is 88.8 Å². The third-order valence-electron chi connectivity index (χ3n) is 5.09. The Labute approximate surface area is 161 Å². The number of likely N-dealkylation sites (tertiary alicyclic amines) is 1. The molecule has 1 unspecified atom stereocenters. The van der Waals surface area contributed by atoms with E-state index in [0.717, 1.165) is 12.8 Å². The summed E-state index contributed by atoms with van der Waals surface area (Å²) in [5.41, 5.74) is 0.301. The second-order valence-corrected chi connectivity index (χ2v) is 7.08. The highest BCUT2D eigenvalue weighted by Crippen LogP contribution is 2.23. The van der Waals surface area contributed by atoms with E-state index in [1.54, 1.807) is 23.1 Å². The normalized spacial score (nSPS) is 19.8. The summed E-state index contributed by atoms with van der Waals surface area (Å²) in [6, 6.07) is 6.28. The molecule has 2 fully saturated rings. The minimum Gasteiger partial charge on any atom is -0.448 e. The van der Waals surface area contributed by atoms with Crippen LogP contribution >= 0.6 is 0 Å². The first kappa shape index (κ1) is 18.4. The molecule has 2 aliphatic heterocycles. The van der Waals surface area contributed by atoms with Crippen molar-refractivity contribution in [1.82, 2.24) is 19.9 Å². The molecule has 0 aliphatic carbocycles. The van der Waals surface area contributed by atoms with Crippen LogP contribution in [0, 0.1) is 11.7 Å². The fourth-order valence-corrected chi connectivity index (χ4v) is 3.63. The number of carbonyl (C=O) groups excluding carboxylic acids is 2. The molecule has 3 heterocycles. The molecule has 0 spiro atoms. The first-order valence-electron chi connectivity index (χ1n) is 9.37. The Bertz CT molecular complexity index is 871. The lowest BCUT2D eigenvalue weighted by molar-refractivity contribution is -0.133. The van der Waals surface area contributed by atoms with Gasteiger partial charge >= 0.3 is 6.09 Å². The Balaban J connectivity index is 1.36. The van der Waals surface area contributed by atoms with Crippen LogP contribution in [0.25, 0.3) is 11.4 Å². The first-order valence-corrected chi connectivity index (χ1v) is 9.37. The number of halogens is 1. The second-order valence-electron chi connectivity index (χ2n) is 7.08. The molecule has 0 bridgehead atoms. The first-order chi connectivity index (χ1) is 13.6. The number of hydrogen-bond donors (Lipinski definition) is 0. The zero-order valence-corrected chi connectivity index (χ0v) is 15.3. The maximum absolute atomic E-state index is 13.9. The van der Waals surface area contributed by atoms with Crippen LogP contribution in [-0.4, -0.2) is 64.7 Å². The number of hydrogen-bond acceptors (Lipinski definition) is 6. The molecule has 148 valence electrons. The number of carbonyl (C=O) groups is 2. The van der Waals surface area contributed by atoms with E-state index in [1.165, 1.54) is 11.0 Å². The number of ether oxygens (including phenoxy) is 1. The van der Waals surface area contributed by atoms with Crippen molar-refractivity contribution in [2.75, 3.05) is 32.8 Å². The molecule has 1 aromatic heterocycles. The molecule has 8 nitrogen and oxygen atoms in total. The zero-order valence-electron chi connectivity index (χ0n) is 15.3. The highest BCUT2D eigenvalue weighted by Gasteiger charge is 2.30. The smallest absolute Gasteiger partial charge is 0.410 e. The fourth-order valence-electron chi connectivity index (χ4n) is 3.63. The highest BCUT2D eigenvalue weighted by atomic mass is 19.1. The van der Waals surface area contributed by atoms with Gasteiger partial charge in [0.2, 0.25) is 17.6 Å². The molecule has 4 rings (SSSR count). The molecule has 0 saturated carbocycles. The number of benzene rings is 1. The molecule has 28 heavy (non-hydrogen) atoms. The quantitative estimate of drug-likeness (QED) is 0.779. The lowest BCUT2D eigenvalue weighted by Gasteiger charge is -2.33. The molecular weight excluding hydrogens is 367 g/mol. The van der Waals surface area contributed by atoms with Crippen LogP contribution in [0.15, 0.2) is 28.8 Å². The van der Waals surface area contributed by atoms with Crippen molar-refractivity contribution in [2.24, 2.45) is 5.92 Å². The standard InChI is InChI=1S/C19H21FN4O4/c20-15-6-2-1-5-14(15)18-21-16(28-22-18)10-13-4-3-7-23(11-13)17(25)12-24-8-9-27-19(24)26/h1-2,5-6,13H,3-4,7-12H2. The van der Waals surface area contributed by atoms with Crippen LogP contribution in [0.1, 0.15) is 18.7 Å². The van der Waals surface area contributed by atoms with E-state index in [4.69, 9.17) is 9.26 Å². The van der Waals surface area contributed by atoms with Crippen LogP contribution in [0.3, 0.4) is 0 Å². The fraction of sp³-hybridized carbons (Fsp3) is 0.474. The van der Waals surface area contributed by atoms with Crippen molar-refractivity contribution < 1.29 is 23.2 Å². The van der Waals surface area contributed by atoms with Gasteiger partial charge in [-0.05, 0) is 30.9 Å². The van der Waals surface area contributed by atoms with E-state index in [2.05, 4.69) is 10.1 Å². The average Bonchev–Trinajstić information content (AvgIpc) is 3.32. The minimum atomic E-state index is -0.437. The van der Waals surface area contributed by atoms with Crippen molar-refractivity contribution in [3.8, 4) is 11.4 Å². The summed E-state index contributed by atoms with van der Waals surface area (Å²) >= 11 is 0. The van der Waals surface area contributed by atoms with E-state index < -0.39 is 11.9 Å². The third-order valence-corrected chi connectivity index (χ3v) is 5.09. The molecule has 9 heteroatoms. The summed E-state index contributed by atoms with van der Waals surface area (Å²) in [5.74, 6) is 0.355. The van der Waals surface area contributed by atoms with E-state index in [0.29, 0.717) is 44.1 Å². The van der Waals surface area contributed by atoms with Crippen LogP contribution in [0.2, 0.25) is 0 Å². The average molecular weight is 388 g/mol. The molecular formula is C19H21FN4O4. The van der Waals surface area contributed by atoms with E-state index in [9.17, 15) is 14.0 Å². The molecule has 2 aliphatic rings. The predicted molar refractivity (Wildman–Crippen MR) is 95.6 cm³/mol. The predicted octanol–water partition coefficient (Wildman–Crippen LogP) is 2.11. The Hall–Kier alpha value is -2.97. The summed E-state index contributed by atoms with van der Waals surface area (Å²) in [5, 5.41) is 3.88. The number of nitrogens with zero attached hydrogens (tertiary/aromatic N) is 4. The van der Waals surface area contributed by atoms with Crippen molar-refractivity contribution in [3.63, 3.8) is 0 Å². The highest BCUT2D eigenvalue weighted by molar-refractivity contribution is 5.83. The van der Waals surface area contributed by atoms with Gasteiger partial charge in [-0.15, -0.1) is 0 Å². The zero-order chi connectivity index (χ0) is 19.5. The summed E-state index contributed by atoms with van der Waals surface area (Å²) in [6.45, 7) is 2.06. The summed E-state index contributed by atoms with van der Waals surface area (Å²) < 4.78 is 24.0. The Morgan fingerprint density at radius 1 is 1.29 bits per heavy atom. The maximum Gasteiger partial charge on any atom is 0.410 e. The largest absolute Gasteiger partial charge is 0.448 e. The SMILES string of the molecule is O=C(CN1CCOC1=O)N1CCCC(Cc2nc(-c3ccccc3F)no2)C1. The van der Waals surface area contributed by atoms with Gasteiger partial charge in [0, 0.05) is 19.5 Å². The molecule has 1 aromatic carbocycles. The van der Waals surface area contributed by atoms with E-state index in [-0.39, 0.29) is 24.2 Å². The number of piperidine rings is 1. The van der Waals surface area contributed by atoms with Gasteiger partial charge in [0.15, 0.2) is 0 Å². The van der Waals surface area contributed by atoms with E-state index >= 15 is 0 Å². The Morgan fingerprint density at radius 3 is 2.93 bits per heavy atom. The molecule has 2 amide bonds. The van der Waals surface area contributed by atoms with Gasteiger partial charge in [-0.2, -0.15) is 4.98 Å². The third kappa shape index (κ3) is 3.97. The van der Waals surface area contributed by atoms with Crippen molar-refractivity contribution in [3.05, 3.63) is 36.0 Å². The minimum absolute atomic E-state index is 0.0452. The maximum atomic E-state index is 13.9. The van der Waals surface area contributed by atoms with Crippen LogP contribution in [-0.2, 0) is 16.0 Å². The summed E-state index contributed by atoms with van der Waals surface area (Å²) in [7, 11) is 0. The van der Waals surface area contributed by atoms with Gasteiger partial charge in [-0.3, -0.25) is 9.69 Å². The number of aromatic nitrogens is 2. The van der Waals surface area contributed by atoms with Crippen molar-refractivity contribution in [2.45, 2.75) is 19.3 Å². The number of rotatable bonds is 5. The molecule has 0 N–H and O–H groups in total. The Morgan fingerprint density at radius 2 is 2.14 bits per heavy atom. The van der Waals surface area contributed by atoms with Gasteiger partial charge in [-0.1, -0.05) is 17.3 Å². The van der Waals surface area contributed by atoms with Gasteiger partial charge in [0.25, 0.3) is 0 Å². The van der Waals surface area contributed by atoms with Crippen LogP contribution in [0.5, 0.6) is 0 Å². The molecule has 2 saturated heterocycles. The van der Waals surface area contributed by atoms with Crippen molar-refractivity contribution in [1.29, 1.82) is 0 Å². The molecule has 0 radical (unpaired) electrons. The summed E-state index contributed by atoms with van der Waals surface area (Å²) in [6.07, 6.45) is 1.90. The van der Waals surface area contributed by atoms with Crippen LogP contribution in [0.4, 0.5) is 9.18 Å². The van der Waals surface area contributed by atoms with Gasteiger partial charge < -0.3 is 14.2 Å². The molecule has 1 atom stereocenters. The number of cyclic esters (lactones) is 1. The number of amides is 2. The van der Waals surface area contributed by atoms with Gasteiger partial charge in [0.1, 0.15) is 19.0 Å². The lowest BCUT2D eigenvalue weighted by atomic mass is 9.94. The lowest BCUT2D eigenvalue weighted by Crippen LogP contribution is -2.45. The Kier molecular flexibility index (Phi) is 5.23. The van der Waals surface area contributed by atoms with Crippen molar-refractivity contribution >= 4 is 12.0 Å². The van der Waals surface area contributed by atoms with Crippen LogP contribution < -0.4 is 0 Å². The van der Waals surface area contributed by atoms with Gasteiger partial charge in [0.05, 0.1) is 12.1 Å². The monoisotopic (exact) mass is 388 g/mol.